The number of hydrogen-bond donors (Lipinski definition) is 1. The third kappa shape index (κ3) is 2.72. The zero-order valence-corrected chi connectivity index (χ0v) is 12.7. The van der Waals surface area contributed by atoms with Gasteiger partial charge >= 0.3 is 0 Å². The van der Waals surface area contributed by atoms with Gasteiger partial charge in [0.25, 0.3) is 0 Å². The second-order valence-corrected chi connectivity index (χ2v) is 5.43. The number of benzene rings is 2. The number of fused-ring (bicyclic) bond motifs is 1. The highest BCUT2D eigenvalue weighted by Crippen LogP contribution is 2.26. The maximum absolute atomic E-state index is 5.80. The van der Waals surface area contributed by atoms with Gasteiger partial charge in [0.1, 0.15) is 11.3 Å². The van der Waals surface area contributed by atoms with Gasteiger partial charge in [0, 0.05) is 43.0 Å². The third-order valence-electron chi connectivity index (χ3n) is 3.73. The Bertz CT molecular complexity index is 759. The largest absolute Gasteiger partial charge is 0.461 e. The van der Waals surface area contributed by atoms with E-state index in [0.717, 1.165) is 23.6 Å². The summed E-state index contributed by atoms with van der Waals surface area (Å²) >= 11 is 0. The molecule has 0 fully saturated rings. The summed E-state index contributed by atoms with van der Waals surface area (Å²) in [6, 6.07) is 16.6. The van der Waals surface area contributed by atoms with E-state index < -0.39 is 0 Å². The number of rotatable bonds is 4. The molecule has 0 aliphatic carbocycles. The van der Waals surface area contributed by atoms with E-state index in [-0.39, 0.29) is 0 Å². The number of anilines is 2. The van der Waals surface area contributed by atoms with Crippen LogP contribution in [-0.2, 0) is 6.54 Å². The Morgan fingerprint density at radius 2 is 1.86 bits per heavy atom. The highest BCUT2D eigenvalue weighted by molar-refractivity contribution is 5.82. The lowest BCUT2D eigenvalue weighted by Gasteiger charge is -2.14. The van der Waals surface area contributed by atoms with Crippen LogP contribution in [0.4, 0.5) is 11.4 Å². The van der Waals surface area contributed by atoms with Gasteiger partial charge in [0.05, 0.1) is 0 Å². The van der Waals surface area contributed by atoms with Crippen molar-refractivity contribution in [3.05, 3.63) is 59.9 Å². The van der Waals surface area contributed by atoms with E-state index in [9.17, 15) is 0 Å². The topological polar surface area (TPSA) is 28.4 Å². The standard InChI is InChI=1S/C18H20N2O/c1-13-17(16-9-4-5-10-18(16)21-13)12-19-14-7-6-8-15(11-14)20(2)3/h4-11,19H,12H2,1-3H3. The van der Waals surface area contributed by atoms with Gasteiger partial charge in [0.15, 0.2) is 0 Å². The summed E-state index contributed by atoms with van der Waals surface area (Å²) < 4.78 is 5.80. The van der Waals surface area contributed by atoms with Crippen LogP contribution in [0.25, 0.3) is 11.0 Å². The van der Waals surface area contributed by atoms with Gasteiger partial charge in [-0.1, -0.05) is 24.3 Å². The second kappa shape index (κ2) is 5.52. The van der Waals surface area contributed by atoms with Crippen LogP contribution in [0.2, 0.25) is 0 Å². The molecule has 0 atom stereocenters. The maximum atomic E-state index is 5.80. The van der Waals surface area contributed by atoms with Crippen LogP contribution < -0.4 is 10.2 Å². The Morgan fingerprint density at radius 1 is 1.05 bits per heavy atom. The number of hydrogen-bond acceptors (Lipinski definition) is 3. The Labute approximate surface area is 125 Å². The van der Waals surface area contributed by atoms with Crippen LogP contribution >= 0.6 is 0 Å². The first kappa shape index (κ1) is 13.6. The molecule has 1 heterocycles. The molecule has 0 bridgehead atoms. The van der Waals surface area contributed by atoms with Crippen molar-refractivity contribution in [2.45, 2.75) is 13.5 Å². The van der Waals surface area contributed by atoms with Gasteiger partial charge in [-0.2, -0.15) is 0 Å². The molecule has 21 heavy (non-hydrogen) atoms. The summed E-state index contributed by atoms with van der Waals surface area (Å²) in [5, 5.41) is 4.67. The van der Waals surface area contributed by atoms with E-state index in [1.165, 1.54) is 16.6 Å². The van der Waals surface area contributed by atoms with E-state index in [1.807, 2.05) is 39.2 Å². The first-order chi connectivity index (χ1) is 10.1. The molecule has 0 aliphatic heterocycles. The van der Waals surface area contributed by atoms with Gasteiger partial charge in [-0.15, -0.1) is 0 Å². The molecule has 0 saturated heterocycles. The van der Waals surface area contributed by atoms with Crippen molar-refractivity contribution >= 4 is 22.3 Å². The molecule has 1 aromatic heterocycles. The van der Waals surface area contributed by atoms with Crippen LogP contribution in [-0.4, -0.2) is 14.1 Å². The molecule has 3 aromatic rings. The van der Waals surface area contributed by atoms with Crippen molar-refractivity contribution in [3.8, 4) is 0 Å². The zero-order chi connectivity index (χ0) is 14.8. The zero-order valence-electron chi connectivity index (χ0n) is 12.7. The van der Waals surface area contributed by atoms with Crippen molar-refractivity contribution in [1.82, 2.24) is 0 Å². The molecule has 0 aliphatic rings. The first-order valence-corrected chi connectivity index (χ1v) is 7.13. The first-order valence-electron chi connectivity index (χ1n) is 7.13. The van der Waals surface area contributed by atoms with Crippen molar-refractivity contribution in [2.24, 2.45) is 0 Å². The van der Waals surface area contributed by atoms with Crippen LogP contribution in [0.5, 0.6) is 0 Å². The van der Waals surface area contributed by atoms with Gasteiger partial charge in [-0.3, -0.25) is 0 Å². The van der Waals surface area contributed by atoms with Crippen LogP contribution in [0.15, 0.2) is 52.9 Å². The average molecular weight is 280 g/mol. The predicted octanol–water partition coefficient (Wildman–Crippen LogP) is 4.42. The molecule has 3 nitrogen and oxygen atoms in total. The van der Waals surface area contributed by atoms with Crippen molar-refractivity contribution in [3.63, 3.8) is 0 Å². The highest BCUT2D eigenvalue weighted by atomic mass is 16.3. The average Bonchev–Trinajstić information content (AvgIpc) is 2.81. The molecule has 1 N–H and O–H groups in total. The van der Waals surface area contributed by atoms with E-state index in [1.54, 1.807) is 0 Å². The molecular formula is C18H20N2O. The Hall–Kier alpha value is -2.42. The molecule has 108 valence electrons. The van der Waals surface area contributed by atoms with Gasteiger partial charge in [-0.05, 0) is 31.2 Å². The summed E-state index contributed by atoms with van der Waals surface area (Å²) in [5.41, 5.74) is 4.48. The molecule has 0 spiro atoms. The fraction of sp³-hybridized carbons (Fsp3) is 0.222. The summed E-state index contributed by atoms with van der Waals surface area (Å²) in [5.74, 6) is 0.979. The van der Waals surface area contributed by atoms with E-state index in [4.69, 9.17) is 4.42 Å². The van der Waals surface area contributed by atoms with E-state index in [2.05, 4.69) is 40.5 Å². The van der Waals surface area contributed by atoms with Crippen LogP contribution in [0.1, 0.15) is 11.3 Å². The fourth-order valence-corrected chi connectivity index (χ4v) is 2.53. The molecule has 0 radical (unpaired) electrons. The van der Waals surface area contributed by atoms with Gasteiger partial charge < -0.3 is 14.6 Å². The lowest BCUT2D eigenvalue weighted by molar-refractivity contribution is 0.573. The maximum Gasteiger partial charge on any atom is 0.134 e. The van der Waals surface area contributed by atoms with Crippen LogP contribution in [0.3, 0.4) is 0 Å². The molecule has 3 rings (SSSR count). The highest BCUT2D eigenvalue weighted by Gasteiger charge is 2.10. The molecule has 0 unspecified atom stereocenters. The SMILES string of the molecule is Cc1oc2ccccc2c1CNc1cccc(N(C)C)c1. The van der Waals surface area contributed by atoms with E-state index in [0.29, 0.717) is 0 Å². The Morgan fingerprint density at radius 3 is 2.67 bits per heavy atom. The number of furan rings is 1. The fourth-order valence-electron chi connectivity index (χ4n) is 2.53. The quantitative estimate of drug-likeness (QED) is 0.767. The van der Waals surface area contributed by atoms with Gasteiger partial charge in [-0.25, -0.2) is 0 Å². The molecule has 0 amide bonds. The minimum atomic E-state index is 0.764. The lowest BCUT2D eigenvalue weighted by Crippen LogP contribution is -2.09. The van der Waals surface area contributed by atoms with E-state index >= 15 is 0 Å². The molecule has 3 heteroatoms. The molecular weight excluding hydrogens is 260 g/mol. The predicted molar refractivity (Wildman–Crippen MR) is 89.0 cm³/mol. The smallest absolute Gasteiger partial charge is 0.134 e. The Balaban J connectivity index is 1.83. The minimum Gasteiger partial charge on any atom is -0.461 e. The number of nitrogens with one attached hydrogen (secondary N) is 1. The monoisotopic (exact) mass is 280 g/mol. The second-order valence-electron chi connectivity index (χ2n) is 5.43. The minimum absolute atomic E-state index is 0.764. The lowest BCUT2D eigenvalue weighted by atomic mass is 10.1. The summed E-state index contributed by atoms with van der Waals surface area (Å²) in [6.07, 6.45) is 0. The van der Waals surface area contributed by atoms with Crippen molar-refractivity contribution in [1.29, 1.82) is 0 Å². The van der Waals surface area contributed by atoms with Crippen molar-refractivity contribution < 1.29 is 4.42 Å². The third-order valence-corrected chi connectivity index (χ3v) is 3.73. The number of nitrogens with zero attached hydrogens (tertiary/aromatic N) is 1. The Kier molecular flexibility index (Phi) is 3.57. The van der Waals surface area contributed by atoms with Gasteiger partial charge in [0.2, 0.25) is 0 Å². The molecule has 0 saturated carbocycles. The number of aryl methyl sites for hydroxylation is 1. The molecule has 2 aromatic carbocycles. The normalized spacial score (nSPS) is 10.8. The summed E-state index contributed by atoms with van der Waals surface area (Å²) in [4.78, 5) is 2.10. The summed E-state index contributed by atoms with van der Waals surface area (Å²) in [6.45, 7) is 2.78. The van der Waals surface area contributed by atoms with Crippen molar-refractivity contribution in [2.75, 3.05) is 24.3 Å². The summed E-state index contributed by atoms with van der Waals surface area (Å²) in [7, 11) is 4.10. The van der Waals surface area contributed by atoms with Crippen LogP contribution in [0, 0.1) is 6.92 Å². The number of para-hydroxylation sites is 1.